The lowest BCUT2D eigenvalue weighted by Gasteiger charge is -2.02. The van der Waals surface area contributed by atoms with Gasteiger partial charge in [0, 0.05) is 27.9 Å². The van der Waals surface area contributed by atoms with E-state index in [0.717, 1.165) is 44.0 Å². The van der Waals surface area contributed by atoms with Crippen molar-refractivity contribution in [2.24, 2.45) is 0 Å². The molecule has 0 heterocycles. The third kappa shape index (κ3) is 3.31. The summed E-state index contributed by atoms with van der Waals surface area (Å²) in [6, 6.07) is 23.2. The van der Waals surface area contributed by atoms with Gasteiger partial charge in [-0.1, -0.05) is 54.3 Å². The second kappa shape index (κ2) is 7.34. The van der Waals surface area contributed by atoms with Gasteiger partial charge >= 0.3 is 0 Å². The Kier molecular flexibility index (Phi) is 4.79. The summed E-state index contributed by atoms with van der Waals surface area (Å²) >= 11 is 0. The quantitative estimate of drug-likeness (QED) is 0.358. The fraction of sp³-hybridized carbons (Fsp3) is 0. The summed E-state index contributed by atoms with van der Waals surface area (Å²) in [5.74, 6) is 5.29. The standard InChI is InChI=1S/2C12H9N/c1-2-9-5-3-7-11-10(9)6-4-8-12(11)13;1-2-9-4-3-5-10-8-11(13)6-7-12(9)10/h2*1,3-8H,13H2. The van der Waals surface area contributed by atoms with Gasteiger partial charge in [0.15, 0.2) is 0 Å². The minimum absolute atomic E-state index is 0.765. The van der Waals surface area contributed by atoms with Crippen LogP contribution in [0.25, 0.3) is 21.5 Å². The summed E-state index contributed by atoms with van der Waals surface area (Å²) in [5, 5.41) is 4.25. The zero-order chi connectivity index (χ0) is 18.5. The molecule has 124 valence electrons. The van der Waals surface area contributed by atoms with Crippen LogP contribution >= 0.6 is 0 Å². The van der Waals surface area contributed by atoms with E-state index in [9.17, 15) is 0 Å². The molecular weight excluding hydrogens is 316 g/mol. The zero-order valence-corrected chi connectivity index (χ0v) is 14.2. The van der Waals surface area contributed by atoms with Crippen molar-refractivity contribution in [2.75, 3.05) is 11.5 Å². The molecule has 0 saturated carbocycles. The van der Waals surface area contributed by atoms with Gasteiger partial charge in [-0.05, 0) is 46.5 Å². The van der Waals surface area contributed by atoms with Crippen molar-refractivity contribution in [3.8, 4) is 24.7 Å². The van der Waals surface area contributed by atoms with Crippen molar-refractivity contribution in [3.63, 3.8) is 0 Å². The van der Waals surface area contributed by atoms with E-state index in [1.807, 2.05) is 72.8 Å². The van der Waals surface area contributed by atoms with Gasteiger partial charge in [-0.2, -0.15) is 0 Å². The van der Waals surface area contributed by atoms with Crippen LogP contribution in [0, 0.1) is 24.7 Å². The van der Waals surface area contributed by atoms with E-state index in [1.165, 1.54) is 0 Å². The SMILES string of the molecule is C#Cc1cccc2c(N)cccc12.C#Cc1cccc2cc(N)ccc12. The lowest BCUT2D eigenvalue weighted by Crippen LogP contribution is -1.87. The number of terminal acetylenes is 2. The molecule has 2 heteroatoms. The molecule has 0 atom stereocenters. The summed E-state index contributed by atoms with van der Waals surface area (Å²) in [5.41, 5.74) is 14.8. The lowest BCUT2D eigenvalue weighted by atomic mass is 10.0. The van der Waals surface area contributed by atoms with Crippen LogP contribution in [-0.4, -0.2) is 0 Å². The zero-order valence-electron chi connectivity index (χ0n) is 14.2. The summed E-state index contributed by atoms with van der Waals surface area (Å²) < 4.78 is 0. The third-order valence-corrected chi connectivity index (χ3v) is 4.17. The van der Waals surface area contributed by atoms with Crippen LogP contribution < -0.4 is 11.5 Å². The highest BCUT2D eigenvalue weighted by atomic mass is 14.5. The Morgan fingerprint density at radius 1 is 0.615 bits per heavy atom. The Morgan fingerprint density at radius 2 is 1.23 bits per heavy atom. The molecule has 0 radical (unpaired) electrons. The first-order valence-corrected chi connectivity index (χ1v) is 8.12. The number of fused-ring (bicyclic) bond motifs is 2. The van der Waals surface area contributed by atoms with Gasteiger partial charge in [-0.3, -0.25) is 0 Å². The summed E-state index contributed by atoms with van der Waals surface area (Å²) in [4.78, 5) is 0. The first-order valence-electron chi connectivity index (χ1n) is 8.12. The van der Waals surface area contributed by atoms with Crippen molar-refractivity contribution < 1.29 is 0 Å². The predicted molar refractivity (Wildman–Crippen MR) is 113 cm³/mol. The van der Waals surface area contributed by atoms with Crippen LogP contribution in [0.15, 0.2) is 72.8 Å². The number of nitrogens with two attached hydrogens (primary N) is 2. The maximum atomic E-state index is 5.81. The average Bonchev–Trinajstić information content (AvgIpc) is 2.67. The molecule has 0 spiro atoms. The highest BCUT2D eigenvalue weighted by molar-refractivity contribution is 5.96. The topological polar surface area (TPSA) is 52.0 Å². The molecule has 4 rings (SSSR count). The number of hydrogen-bond donors (Lipinski definition) is 2. The van der Waals surface area contributed by atoms with E-state index in [-0.39, 0.29) is 0 Å². The summed E-state index contributed by atoms with van der Waals surface area (Å²) in [6.07, 6.45) is 10.7. The largest absolute Gasteiger partial charge is 0.399 e. The van der Waals surface area contributed by atoms with Gasteiger partial charge in [0.2, 0.25) is 0 Å². The van der Waals surface area contributed by atoms with Gasteiger partial charge in [-0.15, -0.1) is 12.8 Å². The van der Waals surface area contributed by atoms with Crippen LogP contribution in [0.5, 0.6) is 0 Å². The molecule has 0 saturated heterocycles. The molecule has 4 N–H and O–H groups in total. The maximum Gasteiger partial charge on any atom is 0.0394 e. The van der Waals surface area contributed by atoms with Crippen LogP contribution in [0.2, 0.25) is 0 Å². The van der Waals surface area contributed by atoms with Crippen molar-refractivity contribution in [1.82, 2.24) is 0 Å². The number of nitrogen functional groups attached to an aromatic ring is 2. The van der Waals surface area contributed by atoms with Crippen molar-refractivity contribution in [1.29, 1.82) is 0 Å². The summed E-state index contributed by atoms with van der Waals surface area (Å²) in [7, 11) is 0. The number of hydrogen-bond acceptors (Lipinski definition) is 2. The molecule has 0 amide bonds. The van der Waals surface area contributed by atoms with Gasteiger partial charge in [0.1, 0.15) is 0 Å². The van der Waals surface area contributed by atoms with Gasteiger partial charge in [0.25, 0.3) is 0 Å². The van der Waals surface area contributed by atoms with Crippen LogP contribution in [0.4, 0.5) is 11.4 Å². The van der Waals surface area contributed by atoms with Gasteiger partial charge in [-0.25, -0.2) is 0 Å². The first-order chi connectivity index (χ1) is 12.6. The normalized spacial score (nSPS) is 9.77. The maximum absolute atomic E-state index is 5.81. The Labute approximate surface area is 153 Å². The monoisotopic (exact) mass is 334 g/mol. The van der Waals surface area contributed by atoms with Crippen LogP contribution in [0.3, 0.4) is 0 Å². The van der Waals surface area contributed by atoms with Crippen molar-refractivity contribution >= 4 is 32.9 Å². The molecule has 0 bridgehead atoms. The highest BCUT2D eigenvalue weighted by Crippen LogP contribution is 2.23. The predicted octanol–water partition coefficient (Wildman–Crippen LogP) is 4.81. The molecule has 0 aromatic heterocycles. The molecule has 4 aromatic carbocycles. The minimum atomic E-state index is 0.765. The fourth-order valence-corrected chi connectivity index (χ4v) is 2.89. The summed E-state index contributed by atoms with van der Waals surface area (Å²) in [6.45, 7) is 0. The minimum Gasteiger partial charge on any atom is -0.399 e. The molecule has 26 heavy (non-hydrogen) atoms. The molecule has 2 nitrogen and oxygen atoms in total. The van der Waals surface area contributed by atoms with Crippen LogP contribution in [0.1, 0.15) is 11.1 Å². The second-order valence-electron chi connectivity index (χ2n) is 5.82. The van der Waals surface area contributed by atoms with E-state index in [1.54, 1.807) is 0 Å². The molecule has 4 aromatic rings. The van der Waals surface area contributed by atoms with E-state index in [2.05, 4.69) is 11.8 Å². The van der Waals surface area contributed by atoms with Gasteiger partial charge in [0.05, 0.1) is 0 Å². The molecule has 0 unspecified atom stereocenters. The fourth-order valence-electron chi connectivity index (χ4n) is 2.89. The lowest BCUT2D eigenvalue weighted by molar-refractivity contribution is 1.69. The van der Waals surface area contributed by atoms with E-state index in [0.29, 0.717) is 0 Å². The number of anilines is 2. The Hall–Kier alpha value is -3.88. The van der Waals surface area contributed by atoms with E-state index < -0.39 is 0 Å². The Balaban J connectivity index is 0.000000151. The first kappa shape index (κ1) is 17.0. The van der Waals surface area contributed by atoms with E-state index in [4.69, 9.17) is 24.3 Å². The van der Waals surface area contributed by atoms with Crippen molar-refractivity contribution in [3.05, 3.63) is 83.9 Å². The molecule has 0 fully saturated rings. The van der Waals surface area contributed by atoms with Crippen molar-refractivity contribution in [2.45, 2.75) is 0 Å². The Bertz CT molecular complexity index is 1170. The second-order valence-corrected chi connectivity index (χ2v) is 5.82. The van der Waals surface area contributed by atoms with E-state index >= 15 is 0 Å². The number of rotatable bonds is 0. The van der Waals surface area contributed by atoms with Gasteiger partial charge < -0.3 is 11.5 Å². The average molecular weight is 334 g/mol. The molecule has 0 aliphatic rings. The molecule has 0 aliphatic carbocycles. The third-order valence-electron chi connectivity index (χ3n) is 4.17. The Morgan fingerprint density at radius 3 is 1.96 bits per heavy atom. The molecule has 0 aliphatic heterocycles. The van der Waals surface area contributed by atoms with Crippen LogP contribution in [-0.2, 0) is 0 Å². The highest BCUT2D eigenvalue weighted by Gasteiger charge is 1.99. The smallest absolute Gasteiger partial charge is 0.0394 e. The number of benzene rings is 4. The molecular formula is C24H18N2.